The van der Waals surface area contributed by atoms with E-state index < -0.39 is 0 Å². The van der Waals surface area contributed by atoms with Gasteiger partial charge in [-0.3, -0.25) is 0 Å². The topological polar surface area (TPSA) is 48.1 Å². The number of aromatic nitrogens is 1. The van der Waals surface area contributed by atoms with E-state index in [-0.39, 0.29) is 0 Å². The molecule has 1 aromatic heterocycles. The maximum atomic E-state index is 6.16. The van der Waals surface area contributed by atoms with Gasteiger partial charge < -0.3 is 10.5 Å². The zero-order valence-corrected chi connectivity index (χ0v) is 11.6. The fourth-order valence-corrected chi connectivity index (χ4v) is 2.26. The summed E-state index contributed by atoms with van der Waals surface area (Å²) in [5.41, 5.74) is 7.03. The number of pyridine rings is 1. The van der Waals surface area contributed by atoms with Crippen LogP contribution in [0.3, 0.4) is 0 Å². The van der Waals surface area contributed by atoms with E-state index in [0.717, 1.165) is 17.5 Å². The smallest absolute Gasteiger partial charge is 0.164 e. The van der Waals surface area contributed by atoms with Gasteiger partial charge in [-0.25, -0.2) is 4.98 Å². The van der Waals surface area contributed by atoms with Crippen LogP contribution in [0.5, 0.6) is 5.75 Å². The van der Waals surface area contributed by atoms with Crippen molar-refractivity contribution in [3.8, 4) is 5.75 Å². The van der Waals surface area contributed by atoms with Gasteiger partial charge in [-0.2, -0.15) is 0 Å². The molecule has 0 aliphatic carbocycles. The molecule has 18 heavy (non-hydrogen) atoms. The van der Waals surface area contributed by atoms with Gasteiger partial charge in [-0.05, 0) is 38.1 Å². The number of halogens is 2. The lowest BCUT2D eigenvalue weighted by Gasteiger charge is -2.11. The number of fused-ring (bicyclic) bond motifs is 1. The Balaban J connectivity index is 2.52. The summed E-state index contributed by atoms with van der Waals surface area (Å²) in [7, 11) is 0. The molecule has 0 saturated carbocycles. The first kappa shape index (κ1) is 13.4. The van der Waals surface area contributed by atoms with E-state index in [0.29, 0.717) is 34.5 Å². The number of hydrogen-bond donors (Lipinski definition) is 1. The van der Waals surface area contributed by atoms with E-state index in [4.69, 9.17) is 33.7 Å². The van der Waals surface area contributed by atoms with Crippen molar-refractivity contribution >= 4 is 34.1 Å². The molecule has 0 radical (unpaired) electrons. The molecule has 2 aromatic rings. The summed E-state index contributed by atoms with van der Waals surface area (Å²) >= 11 is 12.3. The van der Waals surface area contributed by atoms with Gasteiger partial charge in [0.25, 0.3) is 0 Å². The van der Waals surface area contributed by atoms with E-state index in [1.165, 1.54) is 0 Å². The zero-order chi connectivity index (χ0) is 13.1. The van der Waals surface area contributed by atoms with E-state index in [1.54, 1.807) is 6.07 Å². The molecule has 0 unspecified atom stereocenters. The van der Waals surface area contributed by atoms with Gasteiger partial charge in [0.1, 0.15) is 5.52 Å². The highest BCUT2D eigenvalue weighted by molar-refractivity contribution is 6.39. The first-order valence-corrected chi connectivity index (χ1v) is 6.47. The summed E-state index contributed by atoms with van der Waals surface area (Å²) in [5.74, 6) is 0.577. The van der Waals surface area contributed by atoms with E-state index in [1.807, 2.05) is 19.1 Å². The van der Waals surface area contributed by atoms with Gasteiger partial charge >= 0.3 is 0 Å². The van der Waals surface area contributed by atoms with Gasteiger partial charge in [0.05, 0.1) is 16.7 Å². The minimum atomic E-state index is 0.475. The predicted octanol–water partition coefficient (Wildman–Crippen LogP) is 3.58. The van der Waals surface area contributed by atoms with Crippen LogP contribution < -0.4 is 10.5 Å². The number of rotatable bonds is 4. The Labute approximate surface area is 116 Å². The first-order chi connectivity index (χ1) is 8.63. The number of benzene rings is 1. The molecule has 1 heterocycles. The molecule has 0 aliphatic rings. The Morgan fingerprint density at radius 2 is 2.06 bits per heavy atom. The Bertz CT molecular complexity index is 572. The molecule has 0 atom stereocenters. The highest BCUT2D eigenvalue weighted by atomic mass is 35.5. The maximum Gasteiger partial charge on any atom is 0.164 e. The fourth-order valence-electron chi connectivity index (χ4n) is 1.69. The van der Waals surface area contributed by atoms with Crippen LogP contribution in [0, 0.1) is 6.92 Å². The standard InChI is InChI=1S/C13H14Cl2N2O/c1-8-3-4-9-10(14)7-11(15)13(12(9)17-8)18-6-2-5-16/h3-4,7H,2,5-6,16H2,1H3. The Kier molecular flexibility index (Phi) is 4.27. The molecule has 0 saturated heterocycles. The molecule has 5 heteroatoms. The van der Waals surface area contributed by atoms with Crippen molar-refractivity contribution in [1.82, 2.24) is 4.98 Å². The van der Waals surface area contributed by atoms with Crippen LogP contribution in [-0.2, 0) is 0 Å². The van der Waals surface area contributed by atoms with Crippen molar-refractivity contribution in [2.75, 3.05) is 13.2 Å². The number of hydrogen-bond acceptors (Lipinski definition) is 3. The number of ether oxygens (including phenoxy) is 1. The molecule has 0 bridgehead atoms. The second kappa shape index (κ2) is 5.74. The van der Waals surface area contributed by atoms with Gasteiger partial charge in [-0.1, -0.05) is 23.2 Å². The number of nitrogens with two attached hydrogens (primary N) is 1. The summed E-state index contributed by atoms with van der Waals surface area (Å²) in [6.45, 7) is 3.01. The van der Waals surface area contributed by atoms with Gasteiger partial charge in [0.2, 0.25) is 0 Å². The van der Waals surface area contributed by atoms with Crippen LogP contribution >= 0.6 is 23.2 Å². The molecule has 2 N–H and O–H groups in total. The third-order valence-electron chi connectivity index (χ3n) is 2.57. The summed E-state index contributed by atoms with van der Waals surface area (Å²) in [5, 5.41) is 1.89. The van der Waals surface area contributed by atoms with Crippen molar-refractivity contribution < 1.29 is 4.74 Å². The third-order valence-corrected chi connectivity index (χ3v) is 3.17. The van der Waals surface area contributed by atoms with Crippen molar-refractivity contribution in [1.29, 1.82) is 0 Å². The van der Waals surface area contributed by atoms with E-state index >= 15 is 0 Å². The largest absolute Gasteiger partial charge is 0.490 e. The van der Waals surface area contributed by atoms with Crippen LogP contribution in [0.1, 0.15) is 12.1 Å². The van der Waals surface area contributed by atoms with Crippen LogP contribution in [-0.4, -0.2) is 18.1 Å². The molecule has 96 valence electrons. The minimum Gasteiger partial charge on any atom is -0.490 e. The van der Waals surface area contributed by atoms with Crippen LogP contribution in [0.2, 0.25) is 10.0 Å². The summed E-state index contributed by atoms with van der Waals surface area (Å²) in [6.07, 6.45) is 0.770. The molecular formula is C13H14Cl2N2O. The monoisotopic (exact) mass is 284 g/mol. The quantitative estimate of drug-likeness (QED) is 0.873. The summed E-state index contributed by atoms with van der Waals surface area (Å²) in [4.78, 5) is 4.45. The van der Waals surface area contributed by atoms with Crippen molar-refractivity contribution in [3.05, 3.63) is 33.9 Å². The van der Waals surface area contributed by atoms with Crippen LogP contribution in [0.25, 0.3) is 10.9 Å². The highest BCUT2D eigenvalue weighted by Crippen LogP contribution is 2.37. The van der Waals surface area contributed by atoms with Crippen molar-refractivity contribution in [2.24, 2.45) is 5.73 Å². The Morgan fingerprint density at radius 1 is 1.28 bits per heavy atom. The van der Waals surface area contributed by atoms with Gasteiger partial charge in [-0.15, -0.1) is 0 Å². The van der Waals surface area contributed by atoms with Crippen LogP contribution in [0.15, 0.2) is 18.2 Å². The third kappa shape index (κ3) is 2.69. The first-order valence-electron chi connectivity index (χ1n) is 5.71. The lowest BCUT2D eigenvalue weighted by molar-refractivity contribution is 0.316. The van der Waals surface area contributed by atoms with E-state index in [9.17, 15) is 0 Å². The van der Waals surface area contributed by atoms with Crippen LogP contribution in [0.4, 0.5) is 0 Å². The average molecular weight is 285 g/mol. The van der Waals surface area contributed by atoms with Crippen molar-refractivity contribution in [2.45, 2.75) is 13.3 Å². The predicted molar refractivity (Wildman–Crippen MR) is 75.7 cm³/mol. The molecule has 1 aromatic carbocycles. The summed E-state index contributed by atoms with van der Waals surface area (Å²) in [6, 6.07) is 5.51. The fraction of sp³-hybridized carbons (Fsp3) is 0.308. The number of nitrogens with zero attached hydrogens (tertiary/aromatic N) is 1. The molecular weight excluding hydrogens is 271 g/mol. The molecule has 0 aliphatic heterocycles. The molecule has 0 fully saturated rings. The van der Waals surface area contributed by atoms with Gasteiger partial charge in [0, 0.05) is 11.1 Å². The average Bonchev–Trinajstić information content (AvgIpc) is 2.33. The minimum absolute atomic E-state index is 0.475. The lowest BCUT2D eigenvalue weighted by atomic mass is 10.2. The Hall–Kier alpha value is -1.03. The normalized spacial score (nSPS) is 10.9. The highest BCUT2D eigenvalue weighted by Gasteiger charge is 2.12. The van der Waals surface area contributed by atoms with Crippen molar-refractivity contribution in [3.63, 3.8) is 0 Å². The second-order valence-corrected chi connectivity index (χ2v) is 4.82. The maximum absolute atomic E-state index is 6.16. The SMILES string of the molecule is Cc1ccc2c(Cl)cc(Cl)c(OCCCN)c2n1. The zero-order valence-electron chi connectivity index (χ0n) is 10.0. The molecule has 0 spiro atoms. The van der Waals surface area contributed by atoms with Gasteiger partial charge in [0.15, 0.2) is 5.75 Å². The summed E-state index contributed by atoms with van der Waals surface area (Å²) < 4.78 is 5.67. The molecule has 3 nitrogen and oxygen atoms in total. The Morgan fingerprint density at radius 3 is 2.78 bits per heavy atom. The lowest BCUT2D eigenvalue weighted by Crippen LogP contribution is -2.07. The number of aryl methyl sites for hydroxylation is 1. The molecule has 2 rings (SSSR count). The molecule has 0 amide bonds. The second-order valence-electron chi connectivity index (χ2n) is 4.01. The van der Waals surface area contributed by atoms with E-state index in [2.05, 4.69) is 4.98 Å².